The van der Waals surface area contributed by atoms with E-state index in [2.05, 4.69) is 4.72 Å². The molecule has 0 saturated carbocycles. The zero-order valence-electron chi connectivity index (χ0n) is 10.1. The summed E-state index contributed by atoms with van der Waals surface area (Å²) in [7, 11) is -3.54. The van der Waals surface area contributed by atoms with Crippen LogP contribution in [0.4, 0.5) is 5.69 Å². The second kappa shape index (κ2) is 5.13. The molecule has 6 nitrogen and oxygen atoms in total. The number of aromatic hydroxyl groups is 1. The van der Waals surface area contributed by atoms with E-state index in [1.165, 1.54) is 16.4 Å². The summed E-state index contributed by atoms with van der Waals surface area (Å²) in [6.07, 6.45) is 0. The number of hydrogen-bond donors (Lipinski definition) is 2. The van der Waals surface area contributed by atoms with Gasteiger partial charge >= 0.3 is 10.2 Å². The highest BCUT2D eigenvalue weighted by Gasteiger charge is 2.24. The molecule has 0 atom stereocenters. The van der Waals surface area contributed by atoms with Crippen molar-refractivity contribution < 1.29 is 18.3 Å². The lowest BCUT2D eigenvalue weighted by molar-refractivity contribution is 0.0733. The Bertz CT molecular complexity index is 524. The Balaban J connectivity index is 2.13. The molecular formula is C11H16N2O4S. The first-order chi connectivity index (χ1) is 8.49. The van der Waals surface area contributed by atoms with E-state index in [0.29, 0.717) is 37.6 Å². The van der Waals surface area contributed by atoms with Gasteiger partial charge in [0.25, 0.3) is 0 Å². The van der Waals surface area contributed by atoms with Crippen LogP contribution in [0, 0.1) is 6.92 Å². The number of morpholine rings is 1. The summed E-state index contributed by atoms with van der Waals surface area (Å²) in [4.78, 5) is 0. The molecule has 1 aliphatic heterocycles. The average Bonchev–Trinajstić information content (AvgIpc) is 2.35. The smallest absolute Gasteiger partial charge is 0.301 e. The van der Waals surface area contributed by atoms with Gasteiger partial charge in [-0.05, 0) is 30.7 Å². The van der Waals surface area contributed by atoms with Crippen LogP contribution >= 0.6 is 0 Å². The van der Waals surface area contributed by atoms with Crippen LogP contribution in [-0.4, -0.2) is 44.1 Å². The Hall–Kier alpha value is -1.31. The molecule has 1 saturated heterocycles. The number of hydrogen-bond acceptors (Lipinski definition) is 4. The maximum absolute atomic E-state index is 12.0. The van der Waals surface area contributed by atoms with Crippen LogP contribution in [0.25, 0.3) is 0 Å². The highest BCUT2D eigenvalue weighted by molar-refractivity contribution is 7.90. The van der Waals surface area contributed by atoms with E-state index >= 15 is 0 Å². The molecule has 0 spiro atoms. The standard InChI is InChI=1S/C11H16N2O4S/c1-9-8-10(2-3-11(9)14)12-18(15,16)13-4-6-17-7-5-13/h2-3,8,12,14H,4-7H2,1H3. The minimum Gasteiger partial charge on any atom is -0.508 e. The second-order valence-electron chi connectivity index (χ2n) is 4.12. The van der Waals surface area contributed by atoms with Crippen molar-refractivity contribution in [1.29, 1.82) is 0 Å². The van der Waals surface area contributed by atoms with E-state index in [-0.39, 0.29) is 5.75 Å². The first-order valence-electron chi connectivity index (χ1n) is 5.64. The highest BCUT2D eigenvalue weighted by atomic mass is 32.2. The molecule has 0 radical (unpaired) electrons. The highest BCUT2D eigenvalue weighted by Crippen LogP contribution is 2.21. The molecule has 0 bridgehead atoms. The molecule has 100 valence electrons. The number of ether oxygens (including phenoxy) is 1. The number of benzene rings is 1. The quantitative estimate of drug-likeness (QED) is 0.793. The summed E-state index contributed by atoms with van der Waals surface area (Å²) in [5.41, 5.74) is 1.06. The van der Waals surface area contributed by atoms with Crippen molar-refractivity contribution in [2.75, 3.05) is 31.0 Å². The average molecular weight is 272 g/mol. The fraction of sp³-hybridized carbons (Fsp3) is 0.455. The van der Waals surface area contributed by atoms with Gasteiger partial charge in [0.15, 0.2) is 0 Å². The molecule has 0 amide bonds. The van der Waals surface area contributed by atoms with E-state index in [0.717, 1.165) is 0 Å². The number of phenols is 1. The molecule has 2 rings (SSSR count). The Morgan fingerprint density at radius 1 is 1.33 bits per heavy atom. The molecule has 7 heteroatoms. The number of anilines is 1. The first kappa shape index (κ1) is 13.1. The summed E-state index contributed by atoms with van der Waals surface area (Å²) in [5, 5.41) is 9.39. The van der Waals surface area contributed by atoms with Gasteiger partial charge in [0.1, 0.15) is 5.75 Å². The molecule has 2 N–H and O–H groups in total. The number of nitrogens with zero attached hydrogens (tertiary/aromatic N) is 1. The Kier molecular flexibility index (Phi) is 3.74. The SMILES string of the molecule is Cc1cc(NS(=O)(=O)N2CCOCC2)ccc1O. The molecule has 1 aromatic rings. The molecule has 18 heavy (non-hydrogen) atoms. The maximum atomic E-state index is 12.0. The minimum atomic E-state index is -3.54. The summed E-state index contributed by atoms with van der Waals surface area (Å²) in [6, 6.07) is 4.58. The van der Waals surface area contributed by atoms with Crippen molar-refractivity contribution in [3.05, 3.63) is 23.8 Å². The molecule has 1 heterocycles. The third-order valence-corrected chi connectivity index (χ3v) is 4.29. The Morgan fingerprint density at radius 3 is 2.61 bits per heavy atom. The van der Waals surface area contributed by atoms with Gasteiger partial charge in [-0.2, -0.15) is 12.7 Å². The third kappa shape index (κ3) is 2.92. The van der Waals surface area contributed by atoms with Crippen molar-refractivity contribution in [1.82, 2.24) is 4.31 Å². The van der Waals surface area contributed by atoms with E-state index in [9.17, 15) is 13.5 Å². The van der Waals surface area contributed by atoms with E-state index in [4.69, 9.17) is 4.74 Å². The lowest BCUT2D eigenvalue weighted by Gasteiger charge is -2.26. The van der Waals surface area contributed by atoms with Gasteiger partial charge in [-0.15, -0.1) is 0 Å². The molecule has 0 unspecified atom stereocenters. The predicted octanol–water partition coefficient (Wildman–Crippen LogP) is 0.690. The zero-order chi connectivity index (χ0) is 13.2. The Labute approximate surface area is 106 Å². The molecule has 0 aromatic heterocycles. The summed E-state index contributed by atoms with van der Waals surface area (Å²) in [5.74, 6) is 0.143. The van der Waals surface area contributed by atoms with E-state index < -0.39 is 10.2 Å². The monoisotopic (exact) mass is 272 g/mol. The van der Waals surface area contributed by atoms with Gasteiger partial charge in [0.05, 0.1) is 18.9 Å². The fourth-order valence-corrected chi connectivity index (χ4v) is 2.90. The fourth-order valence-electron chi connectivity index (χ4n) is 1.72. The minimum absolute atomic E-state index is 0.143. The summed E-state index contributed by atoms with van der Waals surface area (Å²) < 4.78 is 33.0. The van der Waals surface area contributed by atoms with Crippen molar-refractivity contribution in [3.8, 4) is 5.75 Å². The third-order valence-electron chi connectivity index (χ3n) is 2.75. The number of phenolic OH excluding ortho intramolecular Hbond substituents is 1. The van der Waals surface area contributed by atoms with Gasteiger partial charge < -0.3 is 9.84 Å². The topological polar surface area (TPSA) is 78.9 Å². The van der Waals surface area contributed by atoms with Crippen LogP contribution in [-0.2, 0) is 14.9 Å². The molecule has 1 aromatic carbocycles. The normalized spacial score (nSPS) is 17.6. The van der Waals surface area contributed by atoms with Crippen molar-refractivity contribution in [2.24, 2.45) is 0 Å². The van der Waals surface area contributed by atoms with Crippen LogP contribution in [0.5, 0.6) is 5.75 Å². The van der Waals surface area contributed by atoms with Gasteiger partial charge in [-0.1, -0.05) is 0 Å². The van der Waals surface area contributed by atoms with Crippen LogP contribution in [0.15, 0.2) is 18.2 Å². The number of nitrogens with one attached hydrogen (secondary N) is 1. The molecule has 1 aliphatic rings. The first-order valence-corrected chi connectivity index (χ1v) is 7.08. The van der Waals surface area contributed by atoms with Gasteiger partial charge in [-0.3, -0.25) is 4.72 Å². The second-order valence-corrected chi connectivity index (χ2v) is 5.79. The molecule has 0 aliphatic carbocycles. The Morgan fingerprint density at radius 2 is 2.00 bits per heavy atom. The van der Waals surface area contributed by atoms with Crippen molar-refractivity contribution in [3.63, 3.8) is 0 Å². The number of rotatable bonds is 3. The van der Waals surface area contributed by atoms with Gasteiger partial charge in [0, 0.05) is 13.1 Å². The van der Waals surface area contributed by atoms with Gasteiger partial charge in [0.2, 0.25) is 0 Å². The summed E-state index contributed by atoms with van der Waals surface area (Å²) >= 11 is 0. The lowest BCUT2D eigenvalue weighted by Crippen LogP contribution is -2.43. The zero-order valence-corrected chi connectivity index (χ0v) is 10.9. The lowest BCUT2D eigenvalue weighted by atomic mass is 10.2. The van der Waals surface area contributed by atoms with E-state index in [1.807, 2.05) is 0 Å². The van der Waals surface area contributed by atoms with Crippen molar-refractivity contribution >= 4 is 15.9 Å². The van der Waals surface area contributed by atoms with Gasteiger partial charge in [-0.25, -0.2) is 0 Å². The largest absolute Gasteiger partial charge is 0.508 e. The van der Waals surface area contributed by atoms with Crippen LogP contribution in [0.1, 0.15) is 5.56 Å². The van der Waals surface area contributed by atoms with Crippen LogP contribution in [0.2, 0.25) is 0 Å². The summed E-state index contributed by atoms with van der Waals surface area (Å²) in [6.45, 7) is 3.24. The van der Waals surface area contributed by atoms with E-state index in [1.54, 1.807) is 13.0 Å². The maximum Gasteiger partial charge on any atom is 0.301 e. The number of aryl methyl sites for hydroxylation is 1. The predicted molar refractivity (Wildman–Crippen MR) is 67.8 cm³/mol. The van der Waals surface area contributed by atoms with Crippen molar-refractivity contribution in [2.45, 2.75) is 6.92 Å². The van der Waals surface area contributed by atoms with Crippen LogP contribution in [0.3, 0.4) is 0 Å². The van der Waals surface area contributed by atoms with Crippen LogP contribution < -0.4 is 4.72 Å². The molecular weight excluding hydrogens is 256 g/mol. The molecule has 1 fully saturated rings.